The lowest BCUT2D eigenvalue weighted by molar-refractivity contribution is 0.308. The van der Waals surface area contributed by atoms with Gasteiger partial charge in [-0.05, 0) is 30.5 Å². The van der Waals surface area contributed by atoms with Crippen LogP contribution in [0.1, 0.15) is 17.8 Å². The minimum atomic E-state index is 0.332. The van der Waals surface area contributed by atoms with E-state index in [0.717, 1.165) is 6.54 Å². The molecule has 19 heavy (non-hydrogen) atoms. The highest BCUT2D eigenvalue weighted by Gasteiger charge is 2.06. The second kappa shape index (κ2) is 7.15. The first-order valence-electron chi connectivity index (χ1n) is 6.01. The molecular formula is C14H15Cl2NOS. The van der Waals surface area contributed by atoms with Gasteiger partial charge in [-0.15, -0.1) is 11.3 Å². The van der Waals surface area contributed by atoms with Crippen molar-refractivity contribution >= 4 is 34.5 Å². The van der Waals surface area contributed by atoms with E-state index in [2.05, 4.69) is 29.8 Å². The molecule has 0 spiro atoms. The lowest BCUT2D eigenvalue weighted by Crippen LogP contribution is -2.23. The summed E-state index contributed by atoms with van der Waals surface area (Å²) >= 11 is 13.7. The highest BCUT2D eigenvalue weighted by molar-refractivity contribution is 7.10. The van der Waals surface area contributed by atoms with Gasteiger partial charge in [0, 0.05) is 28.6 Å². The van der Waals surface area contributed by atoms with Crippen molar-refractivity contribution < 1.29 is 4.74 Å². The molecule has 1 aromatic heterocycles. The lowest BCUT2D eigenvalue weighted by atomic mass is 10.3. The number of hydrogen-bond donors (Lipinski definition) is 1. The van der Waals surface area contributed by atoms with E-state index in [1.54, 1.807) is 29.5 Å². The summed E-state index contributed by atoms with van der Waals surface area (Å²) in [6.07, 6.45) is 0. The van der Waals surface area contributed by atoms with Gasteiger partial charge in [0.2, 0.25) is 0 Å². The fourth-order valence-corrected chi connectivity index (χ4v) is 2.76. The molecule has 102 valence electrons. The van der Waals surface area contributed by atoms with Crippen LogP contribution in [0.4, 0.5) is 0 Å². The Balaban J connectivity index is 1.76. The van der Waals surface area contributed by atoms with Crippen LogP contribution in [-0.2, 0) is 0 Å². The van der Waals surface area contributed by atoms with E-state index in [9.17, 15) is 0 Å². The minimum absolute atomic E-state index is 0.332. The summed E-state index contributed by atoms with van der Waals surface area (Å²) in [6, 6.07) is 9.72. The van der Waals surface area contributed by atoms with Gasteiger partial charge in [-0.25, -0.2) is 0 Å². The topological polar surface area (TPSA) is 21.3 Å². The van der Waals surface area contributed by atoms with Crippen LogP contribution in [0.3, 0.4) is 0 Å². The maximum atomic E-state index is 6.02. The molecule has 2 nitrogen and oxygen atoms in total. The van der Waals surface area contributed by atoms with E-state index in [1.165, 1.54) is 4.88 Å². The zero-order valence-corrected chi connectivity index (χ0v) is 12.9. The predicted molar refractivity (Wildman–Crippen MR) is 82.7 cm³/mol. The largest absolute Gasteiger partial charge is 0.491 e. The van der Waals surface area contributed by atoms with E-state index >= 15 is 0 Å². The first kappa shape index (κ1) is 14.7. The van der Waals surface area contributed by atoms with Crippen LogP contribution in [0.25, 0.3) is 0 Å². The number of nitrogens with one attached hydrogen (secondary N) is 1. The predicted octanol–water partition coefficient (Wildman–Crippen LogP) is 4.78. The summed E-state index contributed by atoms with van der Waals surface area (Å²) in [5, 5.41) is 6.68. The Morgan fingerprint density at radius 3 is 2.89 bits per heavy atom. The Morgan fingerprint density at radius 2 is 2.16 bits per heavy atom. The van der Waals surface area contributed by atoms with E-state index in [-0.39, 0.29) is 0 Å². The highest BCUT2D eigenvalue weighted by atomic mass is 35.5. The molecule has 0 saturated carbocycles. The zero-order valence-electron chi connectivity index (χ0n) is 10.5. The van der Waals surface area contributed by atoms with Crippen LogP contribution in [-0.4, -0.2) is 13.2 Å². The Kier molecular flexibility index (Phi) is 5.52. The maximum Gasteiger partial charge on any atom is 0.139 e. The number of ether oxygens (including phenoxy) is 1. The third-order valence-corrected chi connectivity index (χ3v) is 4.28. The molecule has 0 amide bonds. The second-order valence-electron chi connectivity index (χ2n) is 4.11. The maximum absolute atomic E-state index is 6.02. The first-order valence-corrected chi connectivity index (χ1v) is 7.65. The van der Waals surface area contributed by atoms with Gasteiger partial charge < -0.3 is 10.1 Å². The molecule has 1 aromatic carbocycles. The van der Waals surface area contributed by atoms with Crippen molar-refractivity contribution in [3.63, 3.8) is 0 Å². The number of thiophene rings is 1. The van der Waals surface area contributed by atoms with Crippen molar-refractivity contribution in [3.8, 4) is 5.75 Å². The summed E-state index contributed by atoms with van der Waals surface area (Å²) < 4.78 is 5.61. The fourth-order valence-electron chi connectivity index (χ4n) is 1.66. The summed E-state index contributed by atoms with van der Waals surface area (Å²) in [4.78, 5) is 1.32. The zero-order chi connectivity index (χ0) is 13.7. The van der Waals surface area contributed by atoms with Crippen LogP contribution in [0.15, 0.2) is 35.7 Å². The van der Waals surface area contributed by atoms with E-state index < -0.39 is 0 Å². The normalized spacial score (nSPS) is 12.4. The van der Waals surface area contributed by atoms with Crippen LogP contribution in [0, 0.1) is 0 Å². The van der Waals surface area contributed by atoms with Crippen molar-refractivity contribution in [2.45, 2.75) is 13.0 Å². The molecule has 0 aliphatic heterocycles. The molecule has 5 heteroatoms. The molecular weight excluding hydrogens is 301 g/mol. The molecule has 0 aliphatic carbocycles. The molecule has 1 unspecified atom stereocenters. The van der Waals surface area contributed by atoms with Gasteiger partial charge in [-0.2, -0.15) is 0 Å². The molecule has 1 N–H and O–H groups in total. The quantitative estimate of drug-likeness (QED) is 0.774. The summed E-state index contributed by atoms with van der Waals surface area (Å²) in [7, 11) is 0. The van der Waals surface area contributed by atoms with E-state index in [4.69, 9.17) is 27.9 Å². The third-order valence-electron chi connectivity index (χ3n) is 2.67. The van der Waals surface area contributed by atoms with Crippen molar-refractivity contribution in [2.75, 3.05) is 13.2 Å². The van der Waals surface area contributed by atoms with Gasteiger partial charge in [0.25, 0.3) is 0 Å². The summed E-state index contributed by atoms with van der Waals surface area (Å²) in [6.45, 7) is 3.44. The summed E-state index contributed by atoms with van der Waals surface area (Å²) in [5.74, 6) is 0.625. The molecule has 0 fully saturated rings. The molecule has 2 aromatic rings. The number of halogens is 2. The molecule has 0 radical (unpaired) electrons. The van der Waals surface area contributed by atoms with Gasteiger partial charge in [0.05, 0.1) is 5.02 Å². The van der Waals surface area contributed by atoms with Gasteiger partial charge in [0.15, 0.2) is 0 Å². The summed E-state index contributed by atoms with van der Waals surface area (Å²) in [5.41, 5.74) is 0. The van der Waals surface area contributed by atoms with Gasteiger partial charge in [-0.1, -0.05) is 29.3 Å². The number of rotatable bonds is 6. The number of benzene rings is 1. The second-order valence-corrected chi connectivity index (χ2v) is 5.94. The monoisotopic (exact) mass is 315 g/mol. The van der Waals surface area contributed by atoms with Crippen molar-refractivity contribution in [2.24, 2.45) is 0 Å². The van der Waals surface area contributed by atoms with Gasteiger partial charge >= 0.3 is 0 Å². The highest BCUT2D eigenvalue weighted by Crippen LogP contribution is 2.27. The Labute approximate surface area is 127 Å². The molecule has 2 rings (SSSR count). The van der Waals surface area contributed by atoms with Crippen LogP contribution < -0.4 is 10.1 Å². The van der Waals surface area contributed by atoms with Crippen molar-refractivity contribution in [1.82, 2.24) is 5.32 Å². The molecule has 1 heterocycles. The van der Waals surface area contributed by atoms with Crippen LogP contribution in [0.2, 0.25) is 10.0 Å². The van der Waals surface area contributed by atoms with Crippen LogP contribution in [0.5, 0.6) is 5.75 Å². The molecule has 0 bridgehead atoms. The van der Waals surface area contributed by atoms with E-state index in [1.807, 2.05) is 0 Å². The average molecular weight is 316 g/mol. The number of hydrogen-bond acceptors (Lipinski definition) is 3. The van der Waals surface area contributed by atoms with Crippen LogP contribution >= 0.6 is 34.5 Å². The SMILES string of the molecule is CC(NCCOc1cc(Cl)ccc1Cl)c1cccs1. The first-order chi connectivity index (χ1) is 9.16. The Hall–Kier alpha value is -0.740. The standard InChI is InChI=1S/C14H15Cl2NOS/c1-10(14-3-2-8-19-14)17-6-7-18-13-9-11(15)4-5-12(13)16/h2-5,8-10,17H,6-7H2,1H3. The Bertz CT molecular complexity index is 516. The lowest BCUT2D eigenvalue weighted by Gasteiger charge is -2.13. The minimum Gasteiger partial charge on any atom is -0.491 e. The average Bonchev–Trinajstić information content (AvgIpc) is 2.92. The fraction of sp³-hybridized carbons (Fsp3) is 0.286. The van der Waals surface area contributed by atoms with Gasteiger partial charge in [0.1, 0.15) is 12.4 Å². The molecule has 1 atom stereocenters. The molecule has 0 saturated heterocycles. The van der Waals surface area contributed by atoms with Crippen molar-refractivity contribution in [3.05, 3.63) is 50.6 Å². The Morgan fingerprint density at radius 1 is 1.32 bits per heavy atom. The van der Waals surface area contributed by atoms with E-state index in [0.29, 0.717) is 28.4 Å². The third kappa shape index (κ3) is 4.39. The molecule has 0 aliphatic rings. The van der Waals surface area contributed by atoms with Crippen molar-refractivity contribution in [1.29, 1.82) is 0 Å². The smallest absolute Gasteiger partial charge is 0.139 e. The van der Waals surface area contributed by atoms with Gasteiger partial charge in [-0.3, -0.25) is 0 Å².